The van der Waals surface area contributed by atoms with Crippen molar-refractivity contribution in [1.82, 2.24) is 15.3 Å². The Morgan fingerprint density at radius 3 is 2.67 bits per heavy atom. The van der Waals surface area contributed by atoms with Gasteiger partial charge in [0.15, 0.2) is 0 Å². The van der Waals surface area contributed by atoms with Gasteiger partial charge in [0.2, 0.25) is 0 Å². The van der Waals surface area contributed by atoms with Gasteiger partial charge in [-0.15, -0.1) is 6.42 Å². The molecule has 0 saturated carbocycles. The lowest BCUT2D eigenvalue weighted by Gasteiger charge is -2.16. The van der Waals surface area contributed by atoms with Gasteiger partial charge < -0.3 is 0 Å². The molecule has 2 aromatic rings. The molecule has 1 atom stereocenters. The zero-order valence-electron chi connectivity index (χ0n) is 10.7. The zero-order chi connectivity index (χ0) is 13.0. The number of fused-ring (bicyclic) bond motifs is 1. The highest BCUT2D eigenvalue weighted by Crippen LogP contribution is 2.09. The fraction of sp³-hybridized carbons (Fsp3) is 0.333. The van der Waals surface area contributed by atoms with E-state index in [9.17, 15) is 0 Å². The van der Waals surface area contributed by atoms with Crippen LogP contribution in [0.3, 0.4) is 0 Å². The van der Waals surface area contributed by atoms with Crippen LogP contribution in [-0.4, -0.2) is 16.0 Å². The largest absolute Gasteiger partial charge is 0.298 e. The minimum atomic E-state index is 0.0678. The molecule has 0 aliphatic rings. The van der Waals surface area contributed by atoms with Crippen LogP contribution < -0.4 is 5.32 Å². The summed E-state index contributed by atoms with van der Waals surface area (Å²) in [6.45, 7) is 4.85. The van der Waals surface area contributed by atoms with E-state index in [0.29, 0.717) is 12.5 Å². The Kier molecular flexibility index (Phi) is 3.91. The molecule has 0 amide bonds. The topological polar surface area (TPSA) is 37.8 Å². The summed E-state index contributed by atoms with van der Waals surface area (Å²) in [4.78, 5) is 8.92. The number of benzene rings is 1. The molecule has 3 nitrogen and oxygen atoms in total. The molecular weight excluding hydrogens is 222 g/mol. The lowest BCUT2D eigenvalue weighted by molar-refractivity contribution is 0.473. The predicted molar refractivity (Wildman–Crippen MR) is 73.8 cm³/mol. The van der Waals surface area contributed by atoms with Crippen molar-refractivity contribution in [3.05, 3.63) is 36.2 Å². The van der Waals surface area contributed by atoms with E-state index in [1.807, 2.05) is 24.3 Å². The molecule has 0 bridgehead atoms. The maximum absolute atomic E-state index is 5.48. The number of para-hydroxylation sites is 2. The minimum Gasteiger partial charge on any atom is -0.298 e. The first kappa shape index (κ1) is 12.5. The van der Waals surface area contributed by atoms with Gasteiger partial charge in [0.1, 0.15) is 0 Å². The van der Waals surface area contributed by atoms with E-state index in [1.54, 1.807) is 6.20 Å². The van der Waals surface area contributed by atoms with Crippen LogP contribution in [-0.2, 0) is 6.54 Å². The van der Waals surface area contributed by atoms with E-state index in [4.69, 9.17) is 6.42 Å². The van der Waals surface area contributed by atoms with E-state index < -0.39 is 0 Å². The summed E-state index contributed by atoms with van der Waals surface area (Å²) in [7, 11) is 0. The molecule has 2 rings (SSSR count). The molecule has 0 spiro atoms. The van der Waals surface area contributed by atoms with Crippen LogP contribution in [0.25, 0.3) is 11.0 Å². The number of nitrogens with one attached hydrogen (secondary N) is 1. The van der Waals surface area contributed by atoms with Gasteiger partial charge in [0, 0.05) is 6.54 Å². The Labute approximate surface area is 108 Å². The van der Waals surface area contributed by atoms with Gasteiger partial charge in [-0.1, -0.05) is 31.9 Å². The third-order valence-corrected chi connectivity index (χ3v) is 2.85. The minimum absolute atomic E-state index is 0.0678. The van der Waals surface area contributed by atoms with Crippen molar-refractivity contribution >= 4 is 11.0 Å². The van der Waals surface area contributed by atoms with Crippen LogP contribution in [0.2, 0.25) is 0 Å². The number of hydrogen-bond acceptors (Lipinski definition) is 3. The van der Waals surface area contributed by atoms with Crippen molar-refractivity contribution in [3.63, 3.8) is 0 Å². The van der Waals surface area contributed by atoms with Crippen LogP contribution in [0, 0.1) is 18.3 Å². The average molecular weight is 239 g/mol. The summed E-state index contributed by atoms with van der Waals surface area (Å²) in [5.74, 6) is 3.16. The van der Waals surface area contributed by atoms with Gasteiger partial charge in [-0.2, -0.15) is 0 Å². The van der Waals surface area contributed by atoms with Crippen molar-refractivity contribution in [2.24, 2.45) is 5.92 Å². The molecule has 1 N–H and O–H groups in total. The maximum atomic E-state index is 5.48. The highest BCUT2D eigenvalue weighted by Gasteiger charge is 2.09. The Morgan fingerprint density at radius 2 is 2.00 bits per heavy atom. The van der Waals surface area contributed by atoms with Crippen LogP contribution >= 0.6 is 0 Å². The number of rotatable bonds is 4. The summed E-state index contributed by atoms with van der Waals surface area (Å²) in [5.41, 5.74) is 2.74. The van der Waals surface area contributed by atoms with Gasteiger partial charge in [0.05, 0.1) is 29.0 Å². The monoisotopic (exact) mass is 239 g/mol. The normalized spacial score (nSPS) is 12.6. The summed E-state index contributed by atoms with van der Waals surface area (Å²) in [6, 6.07) is 7.91. The predicted octanol–water partition coefficient (Wildman–Crippen LogP) is 2.38. The third-order valence-electron chi connectivity index (χ3n) is 2.85. The molecule has 1 aromatic heterocycles. The summed E-state index contributed by atoms with van der Waals surface area (Å²) < 4.78 is 0. The Morgan fingerprint density at radius 1 is 1.28 bits per heavy atom. The van der Waals surface area contributed by atoms with E-state index in [-0.39, 0.29) is 6.04 Å². The second-order valence-corrected chi connectivity index (χ2v) is 4.62. The lowest BCUT2D eigenvalue weighted by Crippen LogP contribution is -2.32. The SMILES string of the molecule is C#CC(NCc1cnc2ccccc2n1)C(C)C. The summed E-state index contributed by atoms with van der Waals surface area (Å²) >= 11 is 0. The van der Waals surface area contributed by atoms with E-state index >= 15 is 0 Å². The average Bonchev–Trinajstić information content (AvgIpc) is 2.39. The lowest BCUT2D eigenvalue weighted by atomic mass is 10.1. The standard InChI is InChI=1S/C15H17N3/c1-4-13(11(2)3)16-9-12-10-17-14-7-5-6-8-15(14)18-12/h1,5-8,10-11,13,16H,9H2,2-3H3. The molecule has 92 valence electrons. The van der Waals surface area contributed by atoms with Crippen LogP contribution in [0.1, 0.15) is 19.5 Å². The molecule has 18 heavy (non-hydrogen) atoms. The number of nitrogens with zero attached hydrogens (tertiary/aromatic N) is 2. The first-order valence-electron chi connectivity index (χ1n) is 6.11. The third kappa shape index (κ3) is 2.85. The van der Waals surface area contributed by atoms with Crippen molar-refractivity contribution in [2.45, 2.75) is 26.4 Å². The second kappa shape index (κ2) is 5.61. The molecule has 0 aliphatic heterocycles. The Bertz CT molecular complexity index is 569. The second-order valence-electron chi connectivity index (χ2n) is 4.62. The molecule has 0 saturated heterocycles. The number of terminal acetylenes is 1. The molecular formula is C15H17N3. The molecule has 0 aliphatic carbocycles. The van der Waals surface area contributed by atoms with Gasteiger partial charge in [-0.3, -0.25) is 10.3 Å². The smallest absolute Gasteiger partial charge is 0.0890 e. The van der Waals surface area contributed by atoms with Gasteiger partial charge >= 0.3 is 0 Å². The maximum Gasteiger partial charge on any atom is 0.0890 e. The first-order valence-corrected chi connectivity index (χ1v) is 6.11. The van der Waals surface area contributed by atoms with Gasteiger partial charge in [-0.25, -0.2) is 4.98 Å². The molecule has 0 radical (unpaired) electrons. The van der Waals surface area contributed by atoms with Crippen molar-refractivity contribution in [1.29, 1.82) is 0 Å². The Balaban J connectivity index is 2.11. The highest BCUT2D eigenvalue weighted by atomic mass is 14.9. The highest BCUT2D eigenvalue weighted by molar-refractivity contribution is 5.73. The first-order chi connectivity index (χ1) is 8.70. The van der Waals surface area contributed by atoms with Crippen LogP contribution in [0.4, 0.5) is 0 Å². The van der Waals surface area contributed by atoms with Crippen LogP contribution in [0.15, 0.2) is 30.5 Å². The molecule has 3 heteroatoms. The fourth-order valence-corrected chi connectivity index (χ4v) is 1.78. The van der Waals surface area contributed by atoms with Crippen molar-refractivity contribution in [3.8, 4) is 12.3 Å². The Hall–Kier alpha value is -1.92. The van der Waals surface area contributed by atoms with E-state index in [1.165, 1.54) is 0 Å². The summed E-state index contributed by atoms with van der Waals surface area (Å²) in [5, 5.41) is 3.31. The zero-order valence-corrected chi connectivity index (χ0v) is 10.7. The number of hydrogen-bond donors (Lipinski definition) is 1. The van der Waals surface area contributed by atoms with E-state index in [0.717, 1.165) is 16.7 Å². The van der Waals surface area contributed by atoms with E-state index in [2.05, 4.69) is 35.1 Å². The molecule has 1 unspecified atom stereocenters. The quantitative estimate of drug-likeness (QED) is 0.832. The van der Waals surface area contributed by atoms with Gasteiger partial charge in [-0.05, 0) is 18.1 Å². The van der Waals surface area contributed by atoms with Crippen molar-refractivity contribution < 1.29 is 0 Å². The fourth-order valence-electron chi connectivity index (χ4n) is 1.78. The van der Waals surface area contributed by atoms with Crippen molar-refractivity contribution in [2.75, 3.05) is 0 Å². The summed E-state index contributed by atoms with van der Waals surface area (Å²) in [6.07, 6.45) is 7.27. The molecule has 0 fully saturated rings. The molecule has 1 heterocycles. The van der Waals surface area contributed by atoms with Gasteiger partial charge in [0.25, 0.3) is 0 Å². The number of aromatic nitrogens is 2. The molecule has 1 aromatic carbocycles. The van der Waals surface area contributed by atoms with Crippen LogP contribution in [0.5, 0.6) is 0 Å².